The Morgan fingerprint density at radius 3 is 1.83 bits per heavy atom. The molecule has 1 aliphatic heterocycles. The second-order valence-corrected chi connectivity index (χ2v) is 10.2. The second-order valence-electron chi connectivity index (χ2n) is 8.83. The highest BCUT2D eigenvalue weighted by atomic mass is 32.2. The van der Waals surface area contributed by atoms with Gasteiger partial charge < -0.3 is 19.5 Å². The van der Waals surface area contributed by atoms with Gasteiger partial charge >= 0.3 is 0 Å². The molecule has 0 aliphatic carbocycles. The molecule has 0 spiro atoms. The number of ether oxygens (including phenoxy) is 2. The van der Waals surface area contributed by atoms with Crippen molar-refractivity contribution >= 4 is 17.7 Å². The zero-order valence-electron chi connectivity index (χ0n) is 20.5. The number of hydrogen-bond donors (Lipinski definition) is 1. The van der Waals surface area contributed by atoms with Crippen LogP contribution in [0.1, 0.15) is 24.5 Å². The number of carbonyl (C=O) groups excluding carboxylic acids is 1. The van der Waals surface area contributed by atoms with Crippen molar-refractivity contribution in [1.29, 1.82) is 0 Å². The molecule has 3 aromatic carbocycles. The Balaban J connectivity index is 1.63. The summed E-state index contributed by atoms with van der Waals surface area (Å²) >= 11 is 1.58. The average molecular weight is 492 g/mol. The van der Waals surface area contributed by atoms with Crippen molar-refractivity contribution in [3.63, 3.8) is 0 Å². The highest BCUT2D eigenvalue weighted by Gasteiger charge is 2.61. The SMILES string of the molecule is CCC1(Sc2ccccc2)C(=O)N(C(Cc2ccc(OC)cc2)Cc2ccc(OC)cc2)C1CO. The molecule has 2 unspecified atom stereocenters. The maximum atomic E-state index is 13.9. The molecule has 3 aromatic rings. The van der Waals surface area contributed by atoms with E-state index in [1.54, 1.807) is 26.0 Å². The number of nitrogens with zero attached hydrogens (tertiary/aromatic N) is 1. The third kappa shape index (κ3) is 5.19. The maximum absolute atomic E-state index is 13.9. The van der Waals surface area contributed by atoms with Crippen LogP contribution in [0.25, 0.3) is 0 Å². The zero-order chi connectivity index (χ0) is 24.8. The Morgan fingerprint density at radius 1 is 0.886 bits per heavy atom. The Hall–Kier alpha value is -2.96. The van der Waals surface area contributed by atoms with E-state index in [-0.39, 0.29) is 24.6 Å². The topological polar surface area (TPSA) is 59.0 Å². The number of hydrogen-bond acceptors (Lipinski definition) is 5. The molecule has 35 heavy (non-hydrogen) atoms. The van der Waals surface area contributed by atoms with Crippen LogP contribution in [0.3, 0.4) is 0 Å². The van der Waals surface area contributed by atoms with E-state index in [4.69, 9.17) is 9.47 Å². The van der Waals surface area contributed by atoms with E-state index in [1.807, 2.05) is 90.7 Å². The van der Waals surface area contributed by atoms with Crippen molar-refractivity contribution < 1.29 is 19.4 Å². The van der Waals surface area contributed by atoms with E-state index in [2.05, 4.69) is 0 Å². The van der Waals surface area contributed by atoms with Gasteiger partial charge in [0.15, 0.2) is 0 Å². The van der Waals surface area contributed by atoms with Gasteiger partial charge in [-0.05, 0) is 66.8 Å². The average Bonchev–Trinajstić information content (AvgIpc) is 2.91. The van der Waals surface area contributed by atoms with Crippen LogP contribution >= 0.6 is 11.8 Å². The van der Waals surface area contributed by atoms with Crippen molar-refractivity contribution in [2.24, 2.45) is 0 Å². The van der Waals surface area contributed by atoms with Gasteiger partial charge in [-0.25, -0.2) is 0 Å². The molecule has 1 N–H and O–H groups in total. The van der Waals surface area contributed by atoms with Crippen LogP contribution < -0.4 is 9.47 Å². The smallest absolute Gasteiger partial charge is 0.242 e. The van der Waals surface area contributed by atoms with Gasteiger partial charge in [-0.15, -0.1) is 11.8 Å². The first-order chi connectivity index (χ1) is 17.0. The summed E-state index contributed by atoms with van der Waals surface area (Å²) in [7, 11) is 3.31. The summed E-state index contributed by atoms with van der Waals surface area (Å²) in [6.45, 7) is 1.97. The third-order valence-electron chi connectivity index (χ3n) is 6.87. The summed E-state index contributed by atoms with van der Waals surface area (Å²) < 4.78 is 9.96. The number of aliphatic hydroxyl groups excluding tert-OH is 1. The molecule has 0 saturated carbocycles. The first kappa shape index (κ1) is 25.1. The zero-order valence-corrected chi connectivity index (χ0v) is 21.3. The number of amides is 1. The van der Waals surface area contributed by atoms with Gasteiger partial charge in [0.25, 0.3) is 0 Å². The molecule has 0 bridgehead atoms. The summed E-state index contributed by atoms with van der Waals surface area (Å²) in [4.78, 5) is 16.8. The van der Waals surface area contributed by atoms with Gasteiger partial charge in [0.1, 0.15) is 16.2 Å². The molecule has 5 nitrogen and oxygen atoms in total. The molecule has 1 saturated heterocycles. The van der Waals surface area contributed by atoms with Crippen LogP contribution in [-0.2, 0) is 17.6 Å². The summed E-state index contributed by atoms with van der Waals surface area (Å²) in [5.74, 6) is 1.70. The molecular formula is C29H33NO4S. The maximum Gasteiger partial charge on any atom is 0.242 e. The Morgan fingerprint density at radius 2 is 1.40 bits per heavy atom. The lowest BCUT2D eigenvalue weighted by atomic mass is 9.80. The number of aliphatic hydroxyl groups is 1. The number of β-lactam (4-membered cyclic amide) rings is 1. The number of likely N-dealkylation sites (tertiary alicyclic amines) is 1. The van der Waals surface area contributed by atoms with Crippen molar-refractivity contribution in [3.8, 4) is 11.5 Å². The van der Waals surface area contributed by atoms with E-state index in [1.165, 1.54) is 0 Å². The number of benzene rings is 3. The van der Waals surface area contributed by atoms with Crippen molar-refractivity contribution in [2.45, 2.75) is 47.9 Å². The van der Waals surface area contributed by atoms with Crippen LogP contribution in [-0.4, -0.2) is 53.6 Å². The fraction of sp³-hybridized carbons (Fsp3) is 0.345. The van der Waals surface area contributed by atoms with Gasteiger partial charge in [0.05, 0.1) is 26.9 Å². The summed E-state index contributed by atoms with van der Waals surface area (Å²) in [5.41, 5.74) is 2.25. The lowest BCUT2D eigenvalue weighted by Gasteiger charge is -2.58. The van der Waals surface area contributed by atoms with Gasteiger partial charge in [-0.3, -0.25) is 4.79 Å². The van der Waals surface area contributed by atoms with E-state index < -0.39 is 4.75 Å². The molecule has 1 aliphatic rings. The van der Waals surface area contributed by atoms with Crippen molar-refractivity contribution in [2.75, 3.05) is 20.8 Å². The van der Waals surface area contributed by atoms with Gasteiger partial charge in [-0.2, -0.15) is 0 Å². The van der Waals surface area contributed by atoms with E-state index in [0.29, 0.717) is 19.3 Å². The quantitative estimate of drug-likeness (QED) is 0.383. The predicted octanol–water partition coefficient (Wildman–Crippen LogP) is 5.00. The fourth-order valence-electron chi connectivity index (χ4n) is 4.92. The van der Waals surface area contributed by atoms with Crippen LogP contribution in [0.15, 0.2) is 83.8 Å². The highest BCUT2D eigenvalue weighted by Crippen LogP contribution is 2.49. The van der Waals surface area contributed by atoms with E-state index >= 15 is 0 Å². The highest BCUT2D eigenvalue weighted by molar-refractivity contribution is 8.01. The number of carbonyl (C=O) groups is 1. The first-order valence-corrected chi connectivity index (χ1v) is 12.8. The normalized spacial score (nSPS) is 19.5. The Kier molecular flexibility index (Phi) is 8.04. The Labute approximate surface area is 212 Å². The minimum atomic E-state index is -0.659. The van der Waals surface area contributed by atoms with Crippen LogP contribution in [0.4, 0.5) is 0 Å². The molecule has 1 amide bonds. The minimum Gasteiger partial charge on any atom is -0.497 e. The molecule has 0 radical (unpaired) electrons. The molecule has 2 atom stereocenters. The minimum absolute atomic E-state index is 0.0683. The monoisotopic (exact) mass is 491 g/mol. The van der Waals surface area contributed by atoms with Gasteiger partial charge in [0, 0.05) is 10.9 Å². The molecular weight excluding hydrogens is 458 g/mol. The van der Waals surface area contributed by atoms with Crippen molar-refractivity contribution in [3.05, 3.63) is 90.0 Å². The molecule has 184 valence electrons. The largest absolute Gasteiger partial charge is 0.497 e. The van der Waals surface area contributed by atoms with Crippen molar-refractivity contribution in [1.82, 2.24) is 4.90 Å². The number of thioether (sulfide) groups is 1. The van der Waals surface area contributed by atoms with Gasteiger partial charge in [-0.1, -0.05) is 49.4 Å². The number of rotatable bonds is 11. The molecule has 4 rings (SSSR count). The summed E-state index contributed by atoms with van der Waals surface area (Å²) in [6.07, 6.45) is 2.03. The number of methoxy groups -OCH3 is 2. The van der Waals surface area contributed by atoms with Crippen LogP contribution in [0.2, 0.25) is 0 Å². The third-order valence-corrected chi connectivity index (χ3v) is 8.47. The molecule has 6 heteroatoms. The fourth-order valence-corrected chi connectivity index (χ4v) is 6.30. The van der Waals surface area contributed by atoms with E-state index in [0.717, 1.165) is 27.5 Å². The van der Waals surface area contributed by atoms with Crippen LogP contribution in [0.5, 0.6) is 11.5 Å². The predicted molar refractivity (Wildman–Crippen MR) is 140 cm³/mol. The van der Waals surface area contributed by atoms with Gasteiger partial charge in [0.2, 0.25) is 5.91 Å². The first-order valence-electron chi connectivity index (χ1n) is 12.0. The van der Waals surface area contributed by atoms with E-state index in [9.17, 15) is 9.90 Å². The Bertz CT molecular complexity index is 1050. The summed E-state index contributed by atoms with van der Waals surface area (Å²) in [5, 5.41) is 10.5. The van der Waals surface area contributed by atoms with Crippen LogP contribution in [0, 0.1) is 0 Å². The summed E-state index contributed by atoms with van der Waals surface area (Å²) in [6, 6.07) is 25.6. The standard InChI is InChI=1S/C29H33NO4S/c1-4-29(35-26-8-6-5-7-9-26)27(20-31)30(28(29)32)23(18-21-10-14-24(33-2)15-11-21)19-22-12-16-25(34-3)17-13-22/h5-17,23,27,31H,4,18-20H2,1-3H3. The second kappa shape index (κ2) is 11.2. The molecule has 1 heterocycles. The lowest BCUT2D eigenvalue weighted by molar-refractivity contribution is -0.159. The molecule has 1 fully saturated rings. The molecule has 0 aromatic heterocycles. The lowest BCUT2D eigenvalue weighted by Crippen LogP contribution is -2.75.